The van der Waals surface area contributed by atoms with Crippen molar-refractivity contribution in [2.45, 2.75) is 4.90 Å². The zero-order valence-electron chi connectivity index (χ0n) is 9.79. The molecule has 0 saturated carbocycles. The molecule has 1 aliphatic heterocycles. The first-order valence-corrected chi connectivity index (χ1v) is 7.34. The second-order valence-corrected chi connectivity index (χ2v) is 5.81. The van der Waals surface area contributed by atoms with E-state index in [-0.39, 0.29) is 12.4 Å². The molecule has 0 aliphatic carbocycles. The SMILES string of the molecule is Clc1cncc(Cl)c1SCC[NH+]1CCOCC1.[Cl-]. The van der Waals surface area contributed by atoms with Gasteiger partial charge in [0.1, 0.15) is 13.1 Å². The van der Waals surface area contributed by atoms with Crippen LogP contribution in [0.3, 0.4) is 0 Å². The first-order valence-electron chi connectivity index (χ1n) is 5.60. The average Bonchev–Trinajstić information content (AvgIpc) is 2.34. The van der Waals surface area contributed by atoms with Gasteiger partial charge in [-0.3, -0.25) is 4.98 Å². The van der Waals surface area contributed by atoms with Gasteiger partial charge in [0.05, 0.1) is 29.8 Å². The second kappa shape index (κ2) is 8.46. The predicted molar refractivity (Wildman–Crippen MR) is 71.4 cm³/mol. The van der Waals surface area contributed by atoms with Gasteiger partial charge in [-0.05, 0) is 0 Å². The summed E-state index contributed by atoms with van der Waals surface area (Å²) in [5.41, 5.74) is 0. The molecule has 1 aromatic rings. The van der Waals surface area contributed by atoms with Crippen LogP contribution in [0.1, 0.15) is 0 Å². The molecule has 0 atom stereocenters. The molecule has 102 valence electrons. The van der Waals surface area contributed by atoms with Crippen LogP contribution in [0.2, 0.25) is 10.0 Å². The maximum atomic E-state index is 6.06. The molecule has 1 saturated heterocycles. The summed E-state index contributed by atoms with van der Waals surface area (Å²) < 4.78 is 5.32. The number of aromatic nitrogens is 1. The number of thioether (sulfide) groups is 1. The Kier molecular flexibility index (Phi) is 7.68. The van der Waals surface area contributed by atoms with Crippen molar-refractivity contribution < 1.29 is 22.0 Å². The summed E-state index contributed by atoms with van der Waals surface area (Å²) >= 11 is 13.8. The van der Waals surface area contributed by atoms with E-state index in [2.05, 4.69) is 4.98 Å². The van der Waals surface area contributed by atoms with Crippen molar-refractivity contribution in [2.24, 2.45) is 0 Å². The molecule has 1 N–H and O–H groups in total. The fourth-order valence-electron chi connectivity index (χ4n) is 1.74. The van der Waals surface area contributed by atoms with Crippen LogP contribution in [0.5, 0.6) is 0 Å². The maximum absolute atomic E-state index is 6.06. The van der Waals surface area contributed by atoms with E-state index in [0.717, 1.165) is 43.5 Å². The van der Waals surface area contributed by atoms with Crippen molar-refractivity contribution in [3.8, 4) is 0 Å². The summed E-state index contributed by atoms with van der Waals surface area (Å²) in [6.07, 6.45) is 3.27. The summed E-state index contributed by atoms with van der Waals surface area (Å²) in [7, 11) is 0. The van der Waals surface area contributed by atoms with Gasteiger partial charge in [0.15, 0.2) is 0 Å². The molecule has 0 radical (unpaired) electrons. The molecule has 3 nitrogen and oxygen atoms in total. The second-order valence-electron chi connectivity index (χ2n) is 3.89. The molecule has 1 fully saturated rings. The minimum atomic E-state index is 0. The van der Waals surface area contributed by atoms with Crippen LogP contribution in [0.15, 0.2) is 17.3 Å². The fourth-order valence-corrected chi connectivity index (χ4v) is 3.41. The van der Waals surface area contributed by atoms with Crippen LogP contribution < -0.4 is 17.3 Å². The molecule has 7 heteroatoms. The first kappa shape index (κ1) is 16.3. The van der Waals surface area contributed by atoms with Gasteiger partial charge in [-0.2, -0.15) is 0 Å². The molecule has 1 aromatic heterocycles. The number of halogens is 3. The van der Waals surface area contributed by atoms with Gasteiger partial charge in [-0.1, -0.05) is 23.2 Å². The highest BCUT2D eigenvalue weighted by atomic mass is 35.5. The van der Waals surface area contributed by atoms with Gasteiger partial charge in [-0.15, -0.1) is 11.8 Å². The number of hydrogen-bond donors (Lipinski definition) is 1. The van der Waals surface area contributed by atoms with Crippen LogP contribution >= 0.6 is 35.0 Å². The zero-order valence-corrected chi connectivity index (χ0v) is 12.9. The number of rotatable bonds is 4. The van der Waals surface area contributed by atoms with Crippen molar-refractivity contribution in [3.05, 3.63) is 22.4 Å². The van der Waals surface area contributed by atoms with Crippen LogP contribution in [-0.2, 0) is 4.74 Å². The Labute approximate surface area is 128 Å². The van der Waals surface area contributed by atoms with Gasteiger partial charge in [0, 0.05) is 23.0 Å². The van der Waals surface area contributed by atoms with E-state index in [1.54, 1.807) is 29.1 Å². The highest BCUT2D eigenvalue weighted by Gasteiger charge is 2.14. The lowest BCUT2D eigenvalue weighted by atomic mass is 10.4. The van der Waals surface area contributed by atoms with E-state index >= 15 is 0 Å². The minimum absolute atomic E-state index is 0. The molecule has 0 spiro atoms. The van der Waals surface area contributed by atoms with Crippen LogP contribution in [-0.4, -0.2) is 43.6 Å². The Bertz CT molecular complexity index is 355. The monoisotopic (exact) mass is 328 g/mol. The smallest absolute Gasteiger partial charge is 0.101 e. The highest BCUT2D eigenvalue weighted by molar-refractivity contribution is 7.99. The Morgan fingerprint density at radius 1 is 1.22 bits per heavy atom. The Morgan fingerprint density at radius 2 is 1.83 bits per heavy atom. The van der Waals surface area contributed by atoms with Crippen LogP contribution in [0.25, 0.3) is 0 Å². The summed E-state index contributed by atoms with van der Waals surface area (Å²) in [5.74, 6) is 1.01. The van der Waals surface area contributed by atoms with E-state index in [1.165, 1.54) is 0 Å². The highest BCUT2D eigenvalue weighted by Crippen LogP contribution is 2.32. The van der Waals surface area contributed by atoms with Crippen molar-refractivity contribution in [3.63, 3.8) is 0 Å². The number of nitrogens with zero attached hydrogens (tertiary/aromatic N) is 1. The molecule has 0 amide bonds. The van der Waals surface area contributed by atoms with E-state index in [4.69, 9.17) is 27.9 Å². The summed E-state index contributed by atoms with van der Waals surface area (Å²) in [4.78, 5) is 6.47. The molecular formula is C11H15Cl3N2OS. The molecule has 0 bridgehead atoms. The van der Waals surface area contributed by atoms with E-state index in [9.17, 15) is 0 Å². The number of quaternary nitrogens is 1. The zero-order chi connectivity index (χ0) is 12.1. The third-order valence-corrected chi connectivity index (χ3v) is 4.65. The first-order chi connectivity index (χ1) is 8.27. The van der Waals surface area contributed by atoms with Gasteiger partial charge in [0.25, 0.3) is 0 Å². The van der Waals surface area contributed by atoms with Crippen molar-refractivity contribution in [1.29, 1.82) is 0 Å². The Hall–Kier alpha value is 0.290. The Balaban J connectivity index is 0.00000162. The molecular weight excluding hydrogens is 315 g/mol. The number of hydrogen-bond acceptors (Lipinski definition) is 3. The largest absolute Gasteiger partial charge is 1.00 e. The minimum Gasteiger partial charge on any atom is -1.00 e. The number of nitrogens with one attached hydrogen (secondary N) is 1. The lowest BCUT2D eigenvalue weighted by molar-refractivity contribution is -0.905. The maximum Gasteiger partial charge on any atom is 0.101 e. The van der Waals surface area contributed by atoms with Gasteiger partial charge in [-0.25, -0.2) is 0 Å². The fraction of sp³-hybridized carbons (Fsp3) is 0.545. The molecule has 0 unspecified atom stereocenters. The molecule has 1 aliphatic rings. The molecule has 0 aromatic carbocycles. The van der Waals surface area contributed by atoms with Crippen LogP contribution in [0, 0.1) is 0 Å². The van der Waals surface area contributed by atoms with Crippen molar-refractivity contribution in [2.75, 3.05) is 38.6 Å². The predicted octanol–water partition coefficient (Wildman–Crippen LogP) is -1.60. The quantitative estimate of drug-likeness (QED) is 0.674. The van der Waals surface area contributed by atoms with Crippen LogP contribution in [0.4, 0.5) is 0 Å². The number of pyridine rings is 1. The third kappa shape index (κ3) is 4.76. The van der Waals surface area contributed by atoms with E-state index in [1.807, 2.05) is 0 Å². The third-order valence-electron chi connectivity index (χ3n) is 2.71. The van der Waals surface area contributed by atoms with Gasteiger partial charge < -0.3 is 22.0 Å². The summed E-state index contributed by atoms with van der Waals surface area (Å²) in [6, 6.07) is 0. The summed E-state index contributed by atoms with van der Waals surface area (Å²) in [6.45, 7) is 5.05. The van der Waals surface area contributed by atoms with E-state index in [0.29, 0.717) is 10.0 Å². The van der Waals surface area contributed by atoms with Gasteiger partial charge >= 0.3 is 0 Å². The van der Waals surface area contributed by atoms with Gasteiger partial charge in [0.2, 0.25) is 0 Å². The molecule has 18 heavy (non-hydrogen) atoms. The van der Waals surface area contributed by atoms with Crippen molar-refractivity contribution in [1.82, 2.24) is 4.98 Å². The molecule has 2 rings (SSSR count). The van der Waals surface area contributed by atoms with Crippen molar-refractivity contribution >= 4 is 35.0 Å². The Morgan fingerprint density at radius 3 is 2.44 bits per heavy atom. The van der Waals surface area contributed by atoms with E-state index < -0.39 is 0 Å². The summed E-state index contributed by atoms with van der Waals surface area (Å²) in [5, 5.41) is 1.28. The topological polar surface area (TPSA) is 26.6 Å². The number of ether oxygens (including phenoxy) is 1. The molecule has 2 heterocycles. The normalized spacial score (nSPS) is 16.3. The lowest BCUT2D eigenvalue weighted by Gasteiger charge is -2.23. The standard InChI is InChI=1S/C11H14Cl2N2OS.ClH/c12-9-7-14-8-10(13)11(9)17-6-3-15-1-4-16-5-2-15;/h7-8H,1-6H2;1H. The average molecular weight is 330 g/mol. The lowest BCUT2D eigenvalue weighted by Crippen LogP contribution is -3.14. The number of morpholine rings is 1.